The van der Waals surface area contributed by atoms with Gasteiger partial charge in [-0.15, -0.1) is 0 Å². The highest BCUT2D eigenvalue weighted by Gasteiger charge is 2.09. The minimum atomic E-state index is -0.239. The highest BCUT2D eigenvalue weighted by atomic mass is 16.1. The molecular formula is C22H22N4O2. The minimum Gasteiger partial charge on any atom is -0.352 e. The molecule has 0 bridgehead atoms. The molecule has 0 aliphatic carbocycles. The van der Waals surface area contributed by atoms with E-state index in [9.17, 15) is 9.59 Å². The van der Waals surface area contributed by atoms with Gasteiger partial charge in [0.2, 0.25) is 5.91 Å². The summed E-state index contributed by atoms with van der Waals surface area (Å²) in [6.07, 6.45) is 0.532. The zero-order valence-corrected chi connectivity index (χ0v) is 16.0. The van der Waals surface area contributed by atoms with Crippen molar-refractivity contribution in [1.29, 1.82) is 0 Å². The predicted octanol–water partition coefficient (Wildman–Crippen LogP) is 2.97. The second-order valence-corrected chi connectivity index (χ2v) is 7.04. The van der Waals surface area contributed by atoms with Crippen LogP contribution in [-0.2, 0) is 24.8 Å². The number of nitrogens with zero attached hydrogens (tertiary/aromatic N) is 2. The van der Waals surface area contributed by atoms with Gasteiger partial charge in [0.15, 0.2) is 0 Å². The standard InChI is InChI=1S/C22H22N4O2/c1-14-11-16-12-15(7-9-20(16)26(14)2)13-23-21(27)10-8-19-22(28)25-18-6-4-3-5-17(18)24-19/h3-7,9,11-12H,8,10,13H2,1-2H3,(H,23,27)(H,25,28). The number of rotatable bonds is 5. The number of aromatic nitrogens is 3. The summed E-state index contributed by atoms with van der Waals surface area (Å²) in [7, 11) is 2.04. The first-order chi connectivity index (χ1) is 13.5. The van der Waals surface area contributed by atoms with Gasteiger partial charge in [-0.2, -0.15) is 0 Å². The first-order valence-corrected chi connectivity index (χ1v) is 9.31. The molecule has 2 aromatic heterocycles. The number of benzene rings is 2. The quantitative estimate of drug-likeness (QED) is 0.564. The van der Waals surface area contributed by atoms with Crippen LogP contribution in [0.3, 0.4) is 0 Å². The number of fused-ring (bicyclic) bond motifs is 2. The third-order valence-electron chi connectivity index (χ3n) is 5.10. The second-order valence-electron chi connectivity index (χ2n) is 7.04. The van der Waals surface area contributed by atoms with Crippen molar-refractivity contribution < 1.29 is 4.79 Å². The van der Waals surface area contributed by atoms with E-state index in [2.05, 4.69) is 45.0 Å². The van der Waals surface area contributed by atoms with E-state index in [4.69, 9.17) is 0 Å². The van der Waals surface area contributed by atoms with Gasteiger partial charge in [0.05, 0.1) is 11.0 Å². The molecule has 0 saturated heterocycles. The van der Waals surface area contributed by atoms with E-state index in [0.29, 0.717) is 24.2 Å². The lowest BCUT2D eigenvalue weighted by atomic mass is 10.1. The summed E-state index contributed by atoms with van der Waals surface area (Å²) >= 11 is 0. The number of carbonyl (C=O) groups excluding carboxylic acids is 1. The number of para-hydroxylation sites is 2. The molecule has 2 heterocycles. The first-order valence-electron chi connectivity index (χ1n) is 9.31. The molecule has 4 aromatic rings. The summed E-state index contributed by atoms with van der Waals surface area (Å²) in [5.41, 5.74) is 4.99. The molecule has 142 valence electrons. The van der Waals surface area contributed by atoms with E-state index in [1.54, 1.807) is 0 Å². The molecule has 0 atom stereocenters. The molecule has 0 spiro atoms. The van der Waals surface area contributed by atoms with Crippen molar-refractivity contribution in [2.45, 2.75) is 26.3 Å². The Morgan fingerprint density at radius 3 is 2.86 bits per heavy atom. The summed E-state index contributed by atoms with van der Waals surface area (Å²) in [6.45, 7) is 2.54. The zero-order chi connectivity index (χ0) is 19.7. The molecule has 0 unspecified atom stereocenters. The van der Waals surface area contributed by atoms with E-state index in [1.807, 2.05) is 37.4 Å². The minimum absolute atomic E-state index is 0.0984. The SMILES string of the molecule is Cc1cc2cc(CNC(=O)CCc3nc4ccccc4[nH]c3=O)ccc2n1C. The highest BCUT2D eigenvalue weighted by Crippen LogP contribution is 2.19. The fraction of sp³-hybridized carbons (Fsp3) is 0.227. The summed E-state index contributed by atoms with van der Waals surface area (Å²) in [6, 6.07) is 15.7. The van der Waals surface area contributed by atoms with Crippen molar-refractivity contribution in [3.63, 3.8) is 0 Å². The molecule has 2 N–H and O–H groups in total. The summed E-state index contributed by atoms with van der Waals surface area (Å²) in [4.78, 5) is 31.6. The van der Waals surface area contributed by atoms with Crippen LogP contribution in [0.25, 0.3) is 21.9 Å². The first kappa shape index (κ1) is 18.0. The maximum Gasteiger partial charge on any atom is 0.270 e. The van der Waals surface area contributed by atoms with Gasteiger partial charge in [0.1, 0.15) is 5.69 Å². The Morgan fingerprint density at radius 1 is 1.18 bits per heavy atom. The van der Waals surface area contributed by atoms with Crippen molar-refractivity contribution >= 4 is 27.8 Å². The van der Waals surface area contributed by atoms with E-state index >= 15 is 0 Å². The normalized spacial score (nSPS) is 11.2. The molecular weight excluding hydrogens is 352 g/mol. The van der Waals surface area contributed by atoms with Gasteiger partial charge < -0.3 is 14.9 Å². The third-order valence-corrected chi connectivity index (χ3v) is 5.10. The van der Waals surface area contributed by atoms with E-state index < -0.39 is 0 Å². The Labute approximate surface area is 162 Å². The van der Waals surface area contributed by atoms with E-state index in [1.165, 1.54) is 16.6 Å². The van der Waals surface area contributed by atoms with Crippen LogP contribution >= 0.6 is 0 Å². The lowest BCUT2D eigenvalue weighted by Crippen LogP contribution is -2.24. The fourth-order valence-corrected chi connectivity index (χ4v) is 3.40. The Bertz CT molecular complexity index is 1240. The zero-order valence-electron chi connectivity index (χ0n) is 16.0. The van der Waals surface area contributed by atoms with Gasteiger partial charge in [-0.3, -0.25) is 9.59 Å². The Morgan fingerprint density at radius 2 is 2.00 bits per heavy atom. The average Bonchev–Trinajstić information content (AvgIpc) is 2.98. The highest BCUT2D eigenvalue weighted by molar-refractivity contribution is 5.82. The lowest BCUT2D eigenvalue weighted by molar-refractivity contribution is -0.121. The Balaban J connectivity index is 1.38. The molecule has 1 amide bonds. The van der Waals surface area contributed by atoms with Crippen LogP contribution in [0, 0.1) is 6.92 Å². The van der Waals surface area contributed by atoms with Crippen LogP contribution in [0.4, 0.5) is 0 Å². The molecule has 0 aliphatic rings. The van der Waals surface area contributed by atoms with Crippen molar-refractivity contribution in [2.75, 3.05) is 0 Å². The van der Waals surface area contributed by atoms with Crippen LogP contribution in [0.2, 0.25) is 0 Å². The van der Waals surface area contributed by atoms with Gasteiger partial charge in [-0.05, 0) is 42.8 Å². The van der Waals surface area contributed by atoms with Gasteiger partial charge in [0, 0.05) is 43.0 Å². The molecule has 4 rings (SSSR count). The van der Waals surface area contributed by atoms with Crippen LogP contribution in [-0.4, -0.2) is 20.4 Å². The monoisotopic (exact) mass is 374 g/mol. The van der Waals surface area contributed by atoms with Crippen molar-refractivity contribution in [3.05, 3.63) is 75.8 Å². The van der Waals surface area contributed by atoms with Crippen molar-refractivity contribution in [2.24, 2.45) is 7.05 Å². The maximum atomic E-state index is 12.2. The van der Waals surface area contributed by atoms with Crippen molar-refractivity contribution in [3.8, 4) is 0 Å². The van der Waals surface area contributed by atoms with E-state index in [-0.39, 0.29) is 17.9 Å². The van der Waals surface area contributed by atoms with Gasteiger partial charge >= 0.3 is 0 Å². The molecule has 28 heavy (non-hydrogen) atoms. The topological polar surface area (TPSA) is 79.8 Å². The molecule has 2 aromatic carbocycles. The number of hydrogen-bond acceptors (Lipinski definition) is 3. The number of aromatic amines is 1. The largest absolute Gasteiger partial charge is 0.352 e. The number of carbonyl (C=O) groups is 1. The second kappa shape index (κ2) is 7.31. The lowest BCUT2D eigenvalue weighted by Gasteiger charge is -2.06. The molecule has 0 aliphatic heterocycles. The summed E-state index contributed by atoms with van der Waals surface area (Å²) in [5, 5.41) is 4.09. The molecule has 6 nitrogen and oxygen atoms in total. The number of H-pyrrole nitrogens is 1. The maximum absolute atomic E-state index is 12.2. The predicted molar refractivity (Wildman–Crippen MR) is 110 cm³/mol. The molecule has 0 fully saturated rings. The number of nitrogens with one attached hydrogen (secondary N) is 2. The smallest absolute Gasteiger partial charge is 0.270 e. The van der Waals surface area contributed by atoms with Crippen LogP contribution in [0.15, 0.2) is 53.3 Å². The van der Waals surface area contributed by atoms with Crippen LogP contribution in [0.5, 0.6) is 0 Å². The van der Waals surface area contributed by atoms with Crippen molar-refractivity contribution in [1.82, 2.24) is 19.9 Å². The van der Waals surface area contributed by atoms with Gasteiger partial charge in [-0.25, -0.2) is 4.98 Å². The number of amides is 1. The van der Waals surface area contributed by atoms with Crippen LogP contribution in [0.1, 0.15) is 23.4 Å². The van der Waals surface area contributed by atoms with E-state index in [0.717, 1.165) is 11.1 Å². The number of hydrogen-bond donors (Lipinski definition) is 2. The van der Waals surface area contributed by atoms with Gasteiger partial charge in [0.25, 0.3) is 5.56 Å². The van der Waals surface area contributed by atoms with Crippen LogP contribution < -0.4 is 10.9 Å². The summed E-state index contributed by atoms with van der Waals surface area (Å²) < 4.78 is 2.14. The van der Waals surface area contributed by atoms with Gasteiger partial charge in [-0.1, -0.05) is 18.2 Å². The third kappa shape index (κ3) is 3.53. The number of aryl methyl sites for hydroxylation is 3. The average molecular weight is 374 g/mol. The molecule has 0 radical (unpaired) electrons. The summed E-state index contributed by atoms with van der Waals surface area (Å²) in [5.74, 6) is -0.0984. The molecule has 6 heteroatoms. The fourth-order valence-electron chi connectivity index (χ4n) is 3.40. The Hall–Kier alpha value is -3.41. The Kier molecular flexibility index (Phi) is 4.69. The molecule has 0 saturated carbocycles.